The van der Waals surface area contributed by atoms with Crippen molar-refractivity contribution in [2.24, 2.45) is 11.8 Å². The molecule has 10 heteroatoms. The third-order valence-electron chi connectivity index (χ3n) is 7.81. The fraction of sp³-hybridized carbons (Fsp3) is 0.519. The molecule has 10 nitrogen and oxygen atoms in total. The molecule has 2 aromatic rings. The van der Waals surface area contributed by atoms with Crippen LogP contribution in [-0.4, -0.2) is 93.9 Å². The highest BCUT2D eigenvalue weighted by Gasteiger charge is 2.49. The van der Waals surface area contributed by atoms with E-state index in [-0.39, 0.29) is 19.3 Å². The van der Waals surface area contributed by atoms with Crippen LogP contribution in [0.2, 0.25) is 0 Å². The molecular weight excluding hydrogens is 480 g/mol. The molecule has 1 aliphatic carbocycles. The number of aliphatic hydroxyl groups is 2. The van der Waals surface area contributed by atoms with E-state index in [1.54, 1.807) is 20.3 Å². The van der Waals surface area contributed by atoms with Gasteiger partial charge in [-0.1, -0.05) is 0 Å². The summed E-state index contributed by atoms with van der Waals surface area (Å²) in [5.41, 5.74) is 2.08. The number of aliphatic hydroxyl groups excluding tert-OH is 2. The van der Waals surface area contributed by atoms with E-state index >= 15 is 0 Å². The molecule has 37 heavy (non-hydrogen) atoms. The fourth-order valence-electron chi connectivity index (χ4n) is 5.81. The lowest BCUT2D eigenvalue weighted by Crippen LogP contribution is -2.53. The van der Waals surface area contributed by atoms with Gasteiger partial charge in [0.05, 0.1) is 33.4 Å². The van der Waals surface area contributed by atoms with E-state index in [1.807, 2.05) is 30.1 Å². The van der Waals surface area contributed by atoms with Crippen LogP contribution in [0.25, 0.3) is 0 Å². The van der Waals surface area contributed by atoms with Gasteiger partial charge >= 0.3 is 0 Å². The molecule has 1 amide bonds. The highest BCUT2D eigenvalue weighted by Crippen LogP contribution is 2.54. The molecule has 0 radical (unpaired) electrons. The minimum absolute atomic E-state index is 0.0796. The molecule has 5 rings (SSSR count). The van der Waals surface area contributed by atoms with Crippen molar-refractivity contribution in [1.82, 2.24) is 9.80 Å². The number of carbonyl (C=O) groups excluding carboxylic acids is 1. The van der Waals surface area contributed by atoms with Gasteiger partial charge in [-0.2, -0.15) is 0 Å². The Morgan fingerprint density at radius 3 is 2.08 bits per heavy atom. The van der Waals surface area contributed by atoms with Gasteiger partial charge in [-0.25, -0.2) is 0 Å². The summed E-state index contributed by atoms with van der Waals surface area (Å²) in [4.78, 5) is 18.2. The third kappa shape index (κ3) is 4.32. The first kappa shape index (κ1) is 25.4. The van der Waals surface area contributed by atoms with Crippen molar-refractivity contribution in [1.29, 1.82) is 0 Å². The standard InChI is InChI=1S/C27H34N2O8/c1-28-5-7-29(8-6-28)27(32)24-18(13-30)25(31)17-12-20-19(36-14-37-20)11-16(17)23(24)15-9-21(33-2)26(35-4)22(10-15)34-3/h9-12,18,23-25,30-31H,5-8,13-14H2,1-4H3/t18-,23+,24-,25-/m0/s1. The van der Waals surface area contributed by atoms with Gasteiger partial charge in [-0.05, 0) is 48.0 Å². The Bertz CT molecular complexity index is 1140. The Hall–Kier alpha value is -3.21. The normalized spacial score (nSPS) is 25.0. The van der Waals surface area contributed by atoms with Crippen LogP contribution >= 0.6 is 0 Å². The zero-order chi connectivity index (χ0) is 26.3. The number of amides is 1. The number of benzene rings is 2. The van der Waals surface area contributed by atoms with Crippen molar-refractivity contribution in [2.45, 2.75) is 12.0 Å². The lowest BCUT2D eigenvalue weighted by molar-refractivity contribution is -0.143. The molecule has 0 bridgehead atoms. The van der Waals surface area contributed by atoms with Crippen molar-refractivity contribution in [2.75, 3.05) is 68.0 Å². The quantitative estimate of drug-likeness (QED) is 0.594. The summed E-state index contributed by atoms with van der Waals surface area (Å²) in [6, 6.07) is 7.26. The first-order valence-electron chi connectivity index (χ1n) is 12.4. The number of carbonyl (C=O) groups is 1. The number of nitrogens with zero attached hydrogens (tertiary/aromatic N) is 2. The lowest BCUT2D eigenvalue weighted by Gasteiger charge is -2.44. The third-order valence-corrected chi connectivity index (χ3v) is 7.81. The van der Waals surface area contributed by atoms with E-state index in [1.165, 1.54) is 7.11 Å². The Balaban J connectivity index is 1.71. The summed E-state index contributed by atoms with van der Waals surface area (Å²) in [7, 11) is 6.65. The summed E-state index contributed by atoms with van der Waals surface area (Å²) >= 11 is 0. The summed E-state index contributed by atoms with van der Waals surface area (Å²) in [6.45, 7) is 2.40. The molecular formula is C27H34N2O8. The van der Waals surface area contributed by atoms with Gasteiger partial charge in [-0.15, -0.1) is 0 Å². The molecule has 0 unspecified atom stereocenters. The van der Waals surface area contributed by atoms with E-state index in [2.05, 4.69) is 4.90 Å². The van der Waals surface area contributed by atoms with Crippen LogP contribution in [0.4, 0.5) is 0 Å². The summed E-state index contributed by atoms with van der Waals surface area (Å²) in [5.74, 6) is 0.338. The van der Waals surface area contributed by atoms with Gasteiger partial charge in [-0.3, -0.25) is 4.79 Å². The first-order valence-corrected chi connectivity index (χ1v) is 12.4. The van der Waals surface area contributed by atoms with Crippen molar-refractivity contribution < 1.29 is 38.7 Å². The summed E-state index contributed by atoms with van der Waals surface area (Å²) in [6.07, 6.45) is -1.06. The molecule has 0 saturated carbocycles. The van der Waals surface area contributed by atoms with Gasteiger partial charge in [0.2, 0.25) is 18.4 Å². The number of likely N-dealkylation sites (N-methyl/N-ethyl adjacent to an activating group) is 1. The van der Waals surface area contributed by atoms with E-state index in [4.69, 9.17) is 23.7 Å². The highest BCUT2D eigenvalue weighted by atomic mass is 16.7. The highest BCUT2D eigenvalue weighted by molar-refractivity contribution is 5.82. The monoisotopic (exact) mass is 514 g/mol. The van der Waals surface area contributed by atoms with Crippen molar-refractivity contribution in [3.05, 3.63) is 41.0 Å². The SMILES string of the molecule is COc1cc([C@@H]2c3cc4c(cc3[C@H](O)[C@@H](CO)[C@@H]2C(=O)N2CCN(C)CC2)OCO4)cc(OC)c1OC. The Kier molecular flexibility index (Phi) is 7.06. The van der Waals surface area contributed by atoms with Gasteiger partial charge < -0.3 is 43.7 Å². The zero-order valence-corrected chi connectivity index (χ0v) is 21.6. The van der Waals surface area contributed by atoms with Crippen LogP contribution in [0, 0.1) is 11.8 Å². The number of hydrogen-bond acceptors (Lipinski definition) is 9. The van der Waals surface area contributed by atoms with Crippen LogP contribution in [0.15, 0.2) is 24.3 Å². The fourth-order valence-corrected chi connectivity index (χ4v) is 5.81. The molecule has 1 saturated heterocycles. The largest absolute Gasteiger partial charge is 0.493 e. The van der Waals surface area contributed by atoms with Crippen molar-refractivity contribution >= 4 is 5.91 Å². The van der Waals surface area contributed by atoms with Gasteiger partial charge in [0.1, 0.15) is 0 Å². The van der Waals surface area contributed by atoms with Gasteiger partial charge in [0, 0.05) is 44.6 Å². The Labute approximate surface area is 216 Å². The minimum atomic E-state index is -1.06. The zero-order valence-electron chi connectivity index (χ0n) is 21.6. The second-order valence-electron chi connectivity index (χ2n) is 9.72. The maximum Gasteiger partial charge on any atom is 0.231 e. The topological polar surface area (TPSA) is 110 Å². The first-order chi connectivity index (χ1) is 17.9. The maximum absolute atomic E-state index is 14.2. The number of ether oxygens (including phenoxy) is 5. The predicted octanol–water partition coefficient (Wildman–Crippen LogP) is 1.62. The number of hydrogen-bond donors (Lipinski definition) is 2. The Morgan fingerprint density at radius 1 is 0.946 bits per heavy atom. The van der Waals surface area contributed by atoms with Crippen molar-refractivity contribution in [3.63, 3.8) is 0 Å². The Morgan fingerprint density at radius 2 is 1.54 bits per heavy atom. The van der Waals surface area contributed by atoms with Crippen LogP contribution in [0.5, 0.6) is 28.7 Å². The van der Waals surface area contributed by atoms with E-state index in [9.17, 15) is 15.0 Å². The van der Waals surface area contributed by atoms with E-state index in [0.29, 0.717) is 47.4 Å². The molecule has 0 aromatic heterocycles. The summed E-state index contributed by atoms with van der Waals surface area (Å²) < 4.78 is 28.0. The van der Waals surface area contributed by atoms with Crippen LogP contribution in [0.1, 0.15) is 28.7 Å². The number of fused-ring (bicyclic) bond motifs is 2. The smallest absolute Gasteiger partial charge is 0.231 e. The van der Waals surface area contributed by atoms with Crippen molar-refractivity contribution in [3.8, 4) is 28.7 Å². The molecule has 2 heterocycles. The molecule has 0 spiro atoms. The van der Waals surface area contributed by atoms with Crippen LogP contribution < -0.4 is 23.7 Å². The molecule has 1 fully saturated rings. The minimum Gasteiger partial charge on any atom is -0.493 e. The van der Waals surface area contributed by atoms with Gasteiger partial charge in [0.25, 0.3) is 0 Å². The molecule has 2 aromatic carbocycles. The number of methoxy groups -OCH3 is 3. The van der Waals surface area contributed by atoms with Crippen LogP contribution in [-0.2, 0) is 4.79 Å². The molecule has 4 atom stereocenters. The number of rotatable bonds is 6. The molecule has 3 aliphatic rings. The van der Waals surface area contributed by atoms with Crippen LogP contribution in [0.3, 0.4) is 0 Å². The van der Waals surface area contributed by atoms with E-state index in [0.717, 1.165) is 24.2 Å². The maximum atomic E-state index is 14.2. The second-order valence-corrected chi connectivity index (χ2v) is 9.72. The predicted molar refractivity (Wildman–Crippen MR) is 134 cm³/mol. The van der Waals surface area contributed by atoms with Gasteiger partial charge in [0.15, 0.2) is 23.0 Å². The lowest BCUT2D eigenvalue weighted by atomic mass is 9.64. The summed E-state index contributed by atoms with van der Waals surface area (Å²) in [5, 5.41) is 22.0. The molecule has 2 aliphatic heterocycles. The average Bonchev–Trinajstić information content (AvgIpc) is 3.38. The molecule has 2 N–H and O–H groups in total. The second kappa shape index (κ2) is 10.3. The number of piperazine rings is 1. The molecule has 200 valence electrons. The van der Waals surface area contributed by atoms with E-state index < -0.39 is 23.9 Å². The average molecular weight is 515 g/mol.